The van der Waals surface area contributed by atoms with E-state index in [4.69, 9.17) is 9.47 Å². The second-order valence-electron chi connectivity index (χ2n) is 13.9. The van der Waals surface area contributed by atoms with Crippen LogP contribution < -0.4 is 0 Å². The van der Waals surface area contributed by atoms with E-state index >= 15 is 0 Å². The Bertz CT molecular complexity index is 1220. The van der Waals surface area contributed by atoms with Gasteiger partial charge >= 0.3 is 12.2 Å². The lowest BCUT2D eigenvalue weighted by Gasteiger charge is -2.24. The fourth-order valence-electron chi connectivity index (χ4n) is 6.33. The summed E-state index contributed by atoms with van der Waals surface area (Å²) in [5.41, 5.74) is 4.43. The van der Waals surface area contributed by atoms with Crippen LogP contribution in [0.4, 0.5) is 9.59 Å². The summed E-state index contributed by atoms with van der Waals surface area (Å²) >= 11 is 0. The standard InChI is InChI=1S/2C17H22N2O2/c2*1-17(2,3)21-16(20)19-10-14-8-13(9-15(14)11-19)12-4-6-18-7-5-12/h2*4-8,14-15H,9-11H2,1-3H3/t2*14-,15+/m10/s1. The zero-order valence-corrected chi connectivity index (χ0v) is 25.7. The van der Waals surface area contributed by atoms with Crippen LogP contribution in [0.15, 0.2) is 61.2 Å². The number of allylic oxidation sites excluding steroid dienone is 2. The first-order chi connectivity index (χ1) is 19.8. The maximum absolute atomic E-state index is 12.1. The summed E-state index contributed by atoms with van der Waals surface area (Å²) in [6.07, 6.45) is 13.7. The molecule has 2 aromatic heterocycles. The molecule has 2 saturated heterocycles. The molecule has 2 aromatic rings. The van der Waals surface area contributed by atoms with Crippen LogP contribution in [-0.4, -0.2) is 69.3 Å². The molecule has 0 N–H and O–H groups in total. The minimum absolute atomic E-state index is 0.184. The van der Waals surface area contributed by atoms with Gasteiger partial charge in [-0.05, 0) is 125 Å². The summed E-state index contributed by atoms with van der Waals surface area (Å²) in [5.74, 6) is 1.97. The molecule has 0 bridgehead atoms. The predicted octanol–water partition coefficient (Wildman–Crippen LogP) is 6.70. The van der Waals surface area contributed by atoms with Gasteiger partial charge in [-0.1, -0.05) is 12.2 Å². The van der Waals surface area contributed by atoms with E-state index in [0.29, 0.717) is 23.7 Å². The van der Waals surface area contributed by atoms with Crippen molar-refractivity contribution in [3.05, 3.63) is 72.3 Å². The maximum Gasteiger partial charge on any atom is 0.410 e. The highest BCUT2D eigenvalue weighted by molar-refractivity contribution is 5.72. The van der Waals surface area contributed by atoms with E-state index in [1.165, 1.54) is 22.3 Å². The van der Waals surface area contributed by atoms with Crippen LogP contribution in [0, 0.1) is 23.7 Å². The van der Waals surface area contributed by atoms with Crippen LogP contribution in [-0.2, 0) is 9.47 Å². The van der Waals surface area contributed by atoms with Gasteiger partial charge in [-0.15, -0.1) is 0 Å². The summed E-state index contributed by atoms with van der Waals surface area (Å²) in [7, 11) is 0. The first-order valence-electron chi connectivity index (χ1n) is 15.0. The minimum atomic E-state index is -0.424. The minimum Gasteiger partial charge on any atom is -0.444 e. The highest BCUT2D eigenvalue weighted by Crippen LogP contribution is 2.42. The molecule has 8 nitrogen and oxygen atoms in total. The number of nitrogens with zero attached hydrogens (tertiary/aromatic N) is 4. The molecule has 0 spiro atoms. The molecule has 224 valence electrons. The van der Waals surface area contributed by atoms with Gasteiger partial charge in [0.2, 0.25) is 0 Å². The van der Waals surface area contributed by atoms with E-state index in [-0.39, 0.29) is 12.2 Å². The third-order valence-corrected chi connectivity index (χ3v) is 8.18. The summed E-state index contributed by atoms with van der Waals surface area (Å²) in [6, 6.07) is 8.22. The lowest BCUT2D eigenvalue weighted by Crippen LogP contribution is -2.35. The Kier molecular flexibility index (Phi) is 8.44. The van der Waals surface area contributed by atoms with Crippen molar-refractivity contribution >= 4 is 23.3 Å². The number of likely N-dealkylation sites (tertiary alicyclic amines) is 2. The van der Waals surface area contributed by atoms with Gasteiger partial charge in [0.15, 0.2) is 0 Å². The maximum atomic E-state index is 12.1. The molecule has 0 unspecified atom stereocenters. The van der Waals surface area contributed by atoms with Crippen molar-refractivity contribution in [3.63, 3.8) is 0 Å². The summed E-state index contributed by atoms with van der Waals surface area (Å²) < 4.78 is 10.9. The van der Waals surface area contributed by atoms with E-state index in [9.17, 15) is 9.59 Å². The van der Waals surface area contributed by atoms with Gasteiger partial charge in [-0.3, -0.25) is 9.97 Å². The van der Waals surface area contributed by atoms with E-state index < -0.39 is 11.2 Å². The second kappa shape index (κ2) is 11.9. The Balaban J connectivity index is 0.000000168. The topological polar surface area (TPSA) is 84.9 Å². The SMILES string of the molecule is CC(C)(C)OC(=O)N1C[C@@H]2CC(c3ccncc3)=C[C@@H]2C1.CC(C)(C)OC(=O)N1C[C@H]2CC(c3ccncc3)=C[C@H]2C1. The largest absolute Gasteiger partial charge is 0.444 e. The highest BCUT2D eigenvalue weighted by atomic mass is 16.6. The van der Waals surface area contributed by atoms with Gasteiger partial charge < -0.3 is 19.3 Å². The number of hydrogen-bond acceptors (Lipinski definition) is 6. The number of rotatable bonds is 2. The number of hydrogen-bond donors (Lipinski definition) is 0. The van der Waals surface area contributed by atoms with Crippen LogP contribution in [0.5, 0.6) is 0 Å². The fourth-order valence-corrected chi connectivity index (χ4v) is 6.33. The van der Waals surface area contributed by atoms with Gasteiger partial charge in [-0.25, -0.2) is 9.59 Å². The van der Waals surface area contributed by atoms with Crippen molar-refractivity contribution in [1.29, 1.82) is 0 Å². The number of ether oxygens (including phenoxy) is 2. The molecule has 2 amide bonds. The van der Waals surface area contributed by atoms with Gasteiger partial charge in [0.1, 0.15) is 11.2 Å². The number of carbonyl (C=O) groups excluding carboxylic acids is 2. The third-order valence-electron chi connectivity index (χ3n) is 8.18. The summed E-state index contributed by atoms with van der Waals surface area (Å²) in [4.78, 5) is 36.1. The van der Waals surface area contributed by atoms with Crippen molar-refractivity contribution in [2.45, 2.75) is 65.6 Å². The fraction of sp³-hybridized carbons (Fsp3) is 0.529. The zero-order valence-electron chi connectivity index (χ0n) is 25.7. The Morgan fingerprint density at radius 1 is 0.643 bits per heavy atom. The number of aromatic nitrogens is 2. The molecule has 2 fully saturated rings. The average molecular weight is 573 g/mol. The van der Waals surface area contributed by atoms with E-state index in [0.717, 1.165) is 39.0 Å². The van der Waals surface area contributed by atoms with Crippen LogP contribution >= 0.6 is 0 Å². The van der Waals surface area contributed by atoms with Crippen molar-refractivity contribution < 1.29 is 19.1 Å². The van der Waals surface area contributed by atoms with Crippen molar-refractivity contribution in [2.24, 2.45) is 23.7 Å². The lowest BCUT2D eigenvalue weighted by molar-refractivity contribution is 0.0275. The highest BCUT2D eigenvalue weighted by Gasteiger charge is 2.41. The molecule has 0 radical (unpaired) electrons. The van der Waals surface area contributed by atoms with E-state index in [1.54, 1.807) is 0 Å². The molecule has 4 aliphatic rings. The monoisotopic (exact) mass is 572 g/mol. The molecule has 8 heteroatoms. The third kappa shape index (κ3) is 7.39. The molecule has 2 aliphatic heterocycles. The van der Waals surface area contributed by atoms with Crippen LogP contribution in [0.1, 0.15) is 65.5 Å². The van der Waals surface area contributed by atoms with Gasteiger partial charge in [0, 0.05) is 51.0 Å². The summed E-state index contributed by atoms with van der Waals surface area (Å²) in [5, 5.41) is 0. The van der Waals surface area contributed by atoms with Gasteiger partial charge in [-0.2, -0.15) is 0 Å². The smallest absolute Gasteiger partial charge is 0.410 e. The zero-order chi connectivity index (χ0) is 30.1. The quantitative estimate of drug-likeness (QED) is 0.398. The Morgan fingerprint density at radius 2 is 1.00 bits per heavy atom. The first kappa shape index (κ1) is 29.8. The molecule has 4 atom stereocenters. The van der Waals surface area contributed by atoms with Crippen LogP contribution in [0.3, 0.4) is 0 Å². The second-order valence-corrected chi connectivity index (χ2v) is 13.9. The molecule has 0 saturated carbocycles. The molecule has 0 aromatic carbocycles. The van der Waals surface area contributed by atoms with E-state index in [1.807, 2.05) is 76.1 Å². The molecule has 2 aliphatic carbocycles. The number of amides is 2. The van der Waals surface area contributed by atoms with Crippen molar-refractivity contribution in [1.82, 2.24) is 19.8 Å². The normalized spacial score (nSPS) is 24.7. The van der Waals surface area contributed by atoms with E-state index in [2.05, 4.69) is 46.4 Å². The molecular weight excluding hydrogens is 528 g/mol. The van der Waals surface area contributed by atoms with Crippen molar-refractivity contribution in [2.75, 3.05) is 26.2 Å². The van der Waals surface area contributed by atoms with Gasteiger partial charge in [0.05, 0.1) is 0 Å². The molecular formula is C34H44N4O4. The van der Waals surface area contributed by atoms with Crippen LogP contribution in [0.25, 0.3) is 11.1 Å². The lowest BCUT2D eigenvalue weighted by atomic mass is 9.99. The molecule has 4 heterocycles. The summed E-state index contributed by atoms with van der Waals surface area (Å²) in [6.45, 7) is 14.6. The van der Waals surface area contributed by atoms with Gasteiger partial charge in [0.25, 0.3) is 0 Å². The van der Waals surface area contributed by atoms with Crippen molar-refractivity contribution in [3.8, 4) is 0 Å². The average Bonchev–Trinajstić information content (AvgIpc) is 3.67. The first-order valence-corrected chi connectivity index (χ1v) is 15.0. The predicted molar refractivity (Wildman–Crippen MR) is 163 cm³/mol. The Labute approximate surface area is 249 Å². The Hall–Kier alpha value is -3.68. The number of fused-ring (bicyclic) bond motifs is 2. The molecule has 6 rings (SSSR count). The Morgan fingerprint density at radius 3 is 1.31 bits per heavy atom. The number of pyridine rings is 2. The molecule has 42 heavy (non-hydrogen) atoms. The van der Waals surface area contributed by atoms with Crippen LogP contribution in [0.2, 0.25) is 0 Å². The number of carbonyl (C=O) groups is 2.